The van der Waals surface area contributed by atoms with Crippen LogP contribution in [-0.2, 0) is 0 Å². The number of hydrogen-bond acceptors (Lipinski definition) is 2. The summed E-state index contributed by atoms with van der Waals surface area (Å²) in [5.41, 5.74) is 9.20. The van der Waals surface area contributed by atoms with E-state index in [1.165, 1.54) is 12.1 Å². The minimum Gasteiger partial charge on any atom is -0.349 e. The van der Waals surface area contributed by atoms with Crippen LogP contribution in [0.15, 0.2) is 42.5 Å². The van der Waals surface area contributed by atoms with Gasteiger partial charge in [-0.1, -0.05) is 18.2 Å². The largest absolute Gasteiger partial charge is 0.349 e. The van der Waals surface area contributed by atoms with Crippen LogP contribution in [0.4, 0.5) is 4.39 Å². The van der Waals surface area contributed by atoms with Crippen molar-refractivity contribution in [2.45, 2.75) is 38.3 Å². The molecule has 3 nitrogen and oxygen atoms in total. The summed E-state index contributed by atoms with van der Waals surface area (Å²) in [6.45, 7) is 1.87. The third kappa shape index (κ3) is 4.13. The Balaban J connectivity index is 0.00000208. The van der Waals surface area contributed by atoms with Crippen LogP contribution < -0.4 is 11.1 Å². The van der Waals surface area contributed by atoms with Gasteiger partial charge >= 0.3 is 0 Å². The van der Waals surface area contributed by atoms with E-state index in [0.29, 0.717) is 5.56 Å². The summed E-state index contributed by atoms with van der Waals surface area (Å²) in [6, 6.07) is 12.5. The van der Waals surface area contributed by atoms with Crippen LogP contribution in [0.1, 0.15) is 35.2 Å². The first-order valence-electron chi connectivity index (χ1n) is 7.96. The number of amides is 1. The molecule has 1 aliphatic carbocycles. The molecule has 1 aliphatic rings. The number of aryl methyl sites for hydroxylation is 1. The summed E-state index contributed by atoms with van der Waals surface area (Å²) >= 11 is 0. The van der Waals surface area contributed by atoms with Crippen molar-refractivity contribution in [3.05, 3.63) is 59.4 Å². The number of rotatable bonds is 3. The molecule has 0 unspecified atom stereocenters. The Labute approximate surface area is 147 Å². The molecule has 2 aromatic carbocycles. The molecular weight excluding hydrogens is 327 g/mol. The molecule has 3 rings (SSSR count). The van der Waals surface area contributed by atoms with Gasteiger partial charge in [0.1, 0.15) is 5.82 Å². The molecule has 1 amide bonds. The minimum atomic E-state index is -0.252. The fraction of sp³-hybridized carbons (Fsp3) is 0.316. The zero-order valence-electron chi connectivity index (χ0n) is 13.6. The molecule has 1 saturated carbocycles. The molecule has 3 N–H and O–H groups in total. The zero-order chi connectivity index (χ0) is 16.4. The van der Waals surface area contributed by atoms with E-state index in [2.05, 4.69) is 5.32 Å². The van der Waals surface area contributed by atoms with Crippen molar-refractivity contribution in [3.63, 3.8) is 0 Å². The number of halogens is 2. The number of nitrogens with two attached hydrogens (primary N) is 1. The topological polar surface area (TPSA) is 55.1 Å². The Morgan fingerprint density at radius 3 is 2.67 bits per heavy atom. The molecule has 1 fully saturated rings. The first-order valence-corrected chi connectivity index (χ1v) is 7.96. The summed E-state index contributed by atoms with van der Waals surface area (Å²) < 4.78 is 13.3. The van der Waals surface area contributed by atoms with Crippen LogP contribution in [0, 0.1) is 12.7 Å². The lowest BCUT2D eigenvalue weighted by Crippen LogP contribution is -2.34. The minimum absolute atomic E-state index is 0. The Hall–Kier alpha value is -1.91. The van der Waals surface area contributed by atoms with Crippen molar-refractivity contribution in [1.29, 1.82) is 0 Å². The normalized spacial score (nSPS) is 19.6. The zero-order valence-corrected chi connectivity index (χ0v) is 14.4. The smallest absolute Gasteiger partial charge is 0.251 e. The van der Waals surface area contributed by atoms with Gasteiger partial charge in [0, 0.05) is 17.6 Å². The monoisotopic (exact) mass is 348 g/mol. The summed E-state index contributed by atoms with van der Waals surface area (Å²) in [6.07, 6.45) is 2.73. The third-order valence-electron chi connectivity index (χ3n) is 4.43. The van der Waals surface area contributed by atoms with Gasteiger partial charge in [0.15, 0.2) is 0 Å². The highest BCUT2D eigenvalue weighted by molar-refractivity contribution is 5.95. The molecule has 24 heavy (non-hydrogen) atoms. The van der Waals surface area contributed by atoms with Crippen molar-refractivity contribution in [2.75, 3.05) is 0 Å². The maximum Gasteiger partial charge on any atom is 0.251 e. The number of carbonyl (C=O) groups excluding carboxylic acids is 1. The Morgan fingerprint density at radius 2 is 2.00 bits per heavy atom. The molecule has 0 aliphatic heterocycles. The van der Waals surface area contributed by atoms with E-state index >= 15 is 0 Å². The van der Waals surface area contributed by atoms with E-state index in [-0.39, 0.29) is 36.2 Å². The maximum absolute atomic E-state index is 13.3. The van der Waals surface area contributed by atoms with Crippen LogP contribution >= 0.6 is 12.4 Å². The maximum atomic E-state index is 13.3. The van der Waals surface area contributed by atoms with E-state index in [1.807, 2.05) is 25.1 Å². The molecule has 5 heteroatoms. The van der Waals surface area contributed by atoms with Crippen molar-refractivity contribution in [1.82, 2.24) is 5.32 Å². The van der Waals surface area contributed by atoms with Gasteiger partial charge < -0.3 is 11.1 Å². The standard InChI is InChI=1S/C19H21FN2O.ClH/c1-12-9-15(20)5-8-18(12)13-3-2-4-14(10-13)19(23)22-17-7-6-16(21)11-17;/h2-5,8-10,16-17H,6-7,11,21H2,1H3,(H,22,23);1H/t16-,17+;/m1./s1. The quantitative estimate of drug-likeness (QED) is 0.885. The number of hydrogen-bond donors (Lipinski definition) is 2. The average molecular weight is 349 g/mol. The van der Waals surface area contributed by atoms with Gasteiger partial charge in [0.2, 0.25) is 0 Å². The molecule has 0 aromatic heterocycles. The highest BCUT2D eigenvalue weighted by Gasteiger charge is 2.23. The Kier molecular flexibility index (Phi) is 5.97. The second-order valence-electron chi connectivity index (χ2n) is 6.28. The van der Waals surface area contributed by atoms with Crippen LogP contribution in [0.3, 0.4) is 0 Å². The van der Waals surface area contributed by atoms with Gasteiger partial charge in [-0.2, -0.15) is 0 Å². The van der Waals surface area contributed by atoms with Gasteiger partial charge in [-0.15, -0.1) is 12.4 Å². The molecule has 128 valence electrons. The van der Waals surface area contributed by atoms with Crippen LogP contribution in [0.25, 0.3) is 11.1 Å². The lowest BCUT2D eigenvalue weighted by Gasteiger charge is -2.13. The Bertz CT molecular complexity index is 735. The molecule has 2 aromatic rings. The SMILES string of the molecule is Cc1cc(F)ccc1-c1cccc(C(=O)N[C@H]2CC[C@@H](N)C2)c1.Cl. The lowest BCUT2D eigenvalue weighted by molar-refractivity contribution is 0.0937. The van der Waals surface area contributed by atoms with Gasteiger partial charge in [0.25, 0.3) is 5.91 Å². The summed E-state index contributed by atoms with van der Waals surface area (Å²) in [5.74, 6) is -0.330. The summed E-state index contributed by atoms with van der Waals surface area (Å²) in [4.78, 5) is 12.4. The van der Waals surface area contributed by atoms with E-state index in [4.69, 9.17) is 5.73 Å². The van der Waals surface area contributed by atoms with E-state index in [0.717, 1.165) is 36.0 Å². The van der Waals surface area contributed by atoms with Crippen molar-refractivity contribution < 1.29 is 9.18 Å². The highest BCUT2D eigenvalue weighted by atomic mass is 35.5. The van der Waals surface area contributed by atoms with Crippen LogP contribution in [-0.4, -0.2) is 18.0 Å². The fourth-order valence-corrected chi connectivity index (χ4v) is 3.20. The van der Waals surface area contributed by atoms with Crippen molar-refractivity contribution in [2.24, 2.45) is 5.73 Å². The molecule has 2 atom stereocenters. The third-order valence-corrected chi connectivity index (χ3v) is 4.43. The van der Waals surface area contributed by atoms with Gasteiger partial charge in [-0.25, -0.2) is 4.39 Å². The number of benzene rings is 2. The van der Waals surface area contributed by atoms with Crippen molar-refractivity contribution >= 4 is 18.3 Å². The fourth-order valence-electron chi connectivity index (χ4n) is 3.20. The van der Waals surface area contributed by atoms with E-state index in [1.54, 1.807) is 12.1 Å². The molecular formula is C19H22ClFN2O. The molecule has 0 radical (unpaired) electrons. The number of carbonyl (C=O) groups is 1. The second kappa shape index (κ2) is 7.77. The second-order valence-corrected chi connectivity index (χ2v) is 6.28. The van der Waals surface area contributed by atoms with E-state index < -0.39 is 0 Å². The Morgan fingerprint density at radius 1 is 1.21 bits per heavy atom. The first-order chi connectivity index (χ1) is 11.0. The predicted molar refractivity (Wildman–Crippen MR) is 96.9 cm³/mol. The predicted octanol–water partition coefficient (Wildman–Crippen LogP) is 3.83. The average Bonchev–Trinajstić information content (AvgIpc) is 2.92. The van der Waals surface area contributed by atoms with Gasteiger partial charge in [-0.3, -0.25) is 4.79 Å². The molecule has 0 heterocycles. The highest BCUT2D eigenvalue weighted by Crippen LogP contribution is 2.25. The molecule has 0 spiro atoms. The summed E-state index contributed by atoms with van der Waals surface area (Å²) in [5, 5.41) is 3.05. The molecule has 0 saturated heterocycles. The van der Waals surface area contributed by atoms with Crippen LogP contribution in [0.5, 0.6) is 0 Å². The van der Waals surface area contributed by atoms with Crippen molar-refractivity contribution in [3.8, 4) is 11.1 Å². The van der Waals surface area contributed by atoms with E-state index in [9.17, 15) is 9.18 Å². The molecule has 0 bridgehead atoms. The lowest BCUT2D eigenvalue weighted by atomic mass is 9.98. The first kappa shape index (κ1) is 18.4. The van der Waals surface area contributed by atoms with Crippen LogP contribution in [0.2, 0.25) is 0 Å². The number of nitrogens with one attached hydrogen (secondary N) is 1. The van der Waals surface area contributed by atoms with Gasteiger partial charge in [0.05, 0.1) is 0 Å². The summed E-state index contributed by atoms with van der Waals surface area (Å²) in [7, 11) is 0. The van der Waals surface area contributed by atoms with Gasteiger partial charge in [-0.05, 0) is 67.1 Å².